The maximum Gasteiger partial charge on any atom is 0.224 e. The van der Waals surface area contributed by atoms with E-state index in [1.807, 2.05) is 6.07 Å². The molecule has 0 saturated heterocycles. The highest BCUT2D eigenvalue weighted by Gasteiger charge is 2.07. The number of methoxy groups -OCH3 is 2. The molecule has 0 aliphatic heterocycles. The summed E-state index contributed by atoms with van der Waals surface area (Å²) in [5, 5.41) is 2.68. The second-order valence-electron chi connectivity index (χ2n) is 3.59. The van der Waals surface area contributed by atoms with Crippen LogP contribution in [0.15, 0.2) is 18.2 Å². The molecule has 18 heavy (non-hydrogen) atoms. The van der Waals surface area contributed by atoms with Gasteiger partial charge in [-0.2, -0.15) is 0 Å². The molecule has 0 atom stereocenters. The van der Waals surface area contributed by atoms with Crippen LogP contribution in [0.25, 0.3) is 0 Å². The molecule has 0 bridgehead atoms. The first-order chi connectivity index (χ1) is 8.71. The normalized spacial score (nSPS) is 9.94. The number of ether oxygens (including phenoxy) is 2. The molecule has 0 heterocycles. The Morgan fingerprint density at radius 1 is 1.28 bits per heavy atom. The smallest absolute Gasteiger partial charge is 0.224 e. The molecule has 6 nitrogen and oxygen atoms in total. The average Bonchev–Trinajstić information content (AvgIpc) is 2.39. The van der Waals surface area contributed by atoms with E-state index < -0.39 is 0 Å². The molecule has 6 heteroatoms. The van der Waals surface area contributed by atoms with Gasteiger partial charge in [0.05, 0.1) is 27.2 Å². The summed E-state index contributed by atoms with van der Waals surface area (Å²) in [6, 6.07) is 5.36. The molecule has 100 valence electrons. The van der Waals surface area contributed by atoms with Crippen molar-refractivity contribution in [1.29, 1.82) is 0 Å². The van der Waals surface area contributed by atoms with Crippen LogP contribution < -0.4 is 20.7 Å². The summed E-state index contributed by atoms with van der Waals surface area (Å²) in [6.45, 7) is 0.681. The number of carbonyl (C=O) groups excluding carboxylic acids is 1. The topological polar surface area (TPSA) is 82.8 Å². The fourth-order valence-corrected chi connectivity index (χ4v) is 1.49. The van der Waals surface area contributed by atoms with Gasteiger partial charge in [-0.25, -0.2) is 5.90 Å². The Bertz CT molecular complexity index is 396. The van der Waals surface area contributed by atoms with Crippen molar-refractivity contribution < 1.29 is 19.1 Å². The van der Waals surface area contributed by atoms with Crippen LogP contribution in [0.4, 0.5) is 0 Å². The van der Waals surface area contributed by atoms with E-state index in [0.717, 1.165) is 5.56 Å². The minimum Gasteiger partial charge on any atom is -0.493 e. The number of hydrogen-bond acceptors (Lipinski definition) is 5. The SMILES string of the molecule is COc1ccc(CC(=O)NCCON)cc1OC. The molecule has 0 spiro atoms. The van der Waals surface area contributed by atoms with Gasteiger partial charge in [0.25, 0.3) is 0 Å². The Balaban J connectivity index is 2.59. The molecule has 3 N–H and O–H groups in total. The van der Waals surface area contributed by atoms with Gasteiger partial charge in [-0.3, -0.25) is 4.79 Å². The average molecular weight is 254 g/mol. The van der Waals surface area contributed by atoms with Crippen LogP contribution in [0.5, 0.6) is 11.5 Å². The van der Waals surface area contributed by atoms with Gasteiger partial charge in [-0.05, 0) is 17.7 Å². The molecular formula is C12H18N2O4. The quantitative estimate of drug-likeness (QED) is 0.538. The monoisotopic (exact) mass is 254 g/mol. The van der Waals surface area contributed by atoms with Crippen molar-refractivity contribution in [2.75, 3.05) is 27.4 Å². The van der Waals surface area contributed by atoms with E-state index in [4.69, 9.17) is 15.4 Å². The molecule has 0 aromatic heterocycles. The molecule has 0 aliphatic carbocycles. The first kappa shape index (κ1) is 14.3. The van der Waals surface area contributed by atoms with E-state index in [2.05, 4.69) is 10.2 Å². The fraction of sp³-hybridized carbons (Fsp3) is 0.417. The van der Waals surface area contributed by atoms with Crippen molar-refractivity contribution in [2.24, 2.45) is 5.90 Å². The van der Waals surface area contributed by atoms with Crippen LogP contribution in [-0.2, 0) is 16.1 Å². The van der Waals surface area contributed by atoms with Crippen LogP contribution in [0.3, 0.4) is 0 Å². The minimum atomic E-state index is -0.0979. The lowest BCUT2D eigenvalue weighted by Gasteiger charge is -2.09. The van der Waals surface area contributed by atoms with Crippen molar-refractivity contribution in [2.45, 2.75) is 6.42 Å². The van der Waals surface area contributed by atoms with Crippen LogP contribution in [-0.4, -0.2) is 33.3 Å². The number of hydrogen-bond donors (Lipinski definition) is 2. The van der Waals surface area contributed by atoms with Crippen molar-refractivity contribution in [3.63, 3.8) is 0 Å². The van der Waals surface area contributed by atoms with Gasteiger partial charge in [-0.1, -0.05) is 6.07 Å². The molecule has 0 radical (unpaired) electrons. The van der Waals surface area contributed by atoms with Crippen LogP contribution in [0, 0.1) is 0 Å². The summed E-state index contributed by atoms with van der Waals surface area (Å²) in [7, 11) is 3.12. The van der Waals surface area contributed by atoms with Gasteiger partial charge in [0.2, 0.25) is 5.91 Å². The van der Waals surface area contributed by atoms with Gasteiger partial charge >= 0.3 is 0 Å². The molecule has 1 aromatic carbocycles. The third kappa shape index (κ3) is 4.23. The van der Waals surface area contributed by atoms with E-state index in [0.29, 0.717) is 18.0 Å². The zero-order valence-electron chi connectivity index (χ0n) is 10.6. The number of amides is 1. The third-order valence-electron chi connectivity index (χ3n) is 2.35. The molecule has 0 unspecified atom stereocenters. The lowest BCUT2D eigenvalue weighted by atomic mass is 10.1. The summed E-state index contributed by atoms with van der Waals surface area (Å²) in [4.78, 5) is 15.9. The van der Waals surface area contributed by atoms with Crippen LogP contribution in [0.2, 0.25) is 0 Å². The number of benzene rings is 1. The molecule has 1 aromatic rings. The molecule has 1 rings (SSSR count). The zero-order chi connectivity index (χ0) is 13.4. The predicted molar refractivity (Wildman–Crippen MR) is 66.4 cm³/mol. The Kier molecular flexibility index (Phi) is 5.96. The highest BCUT2D eigenvalue weighted by molar-refractivity contribution is 5.78. The second kappa shape index (κ2) is 7.52. The van der Waals surface area contributed by atoms with Crippen molar-refractivity contribution in [3.05, 3.63) is 23.8 Å². The maximum atomic E-state index is 11.6. The largest absolute Gasteiger partial charge is 0.493 e. The summed E-state index contributed by atoms with van der Waals surface area (Å²) in [6.07, 6.45) is 0.269. The zero-order valence-corrected chi connectivity index (χ0v) is 10.6. The van der Waals surface area contributed by atoms with E-state index in [1.54, 1.807) is 26.4 Å². The van der Waals surface area contributed by atoms with E-state index in [1.165, 1.54) is 0 Å². The van der Waals surface area contributed by atoms with E-state index >= 15 is 0 Å². The molecular weight excluding hydrogens is 236 g/mol. The number of carbonyl (C=O) groups is 1. The molecule has 0 saturated carbocycles. The van der Waals surface area contributed by atoms with Gasteiger partial charge in [-0.15, -0.1) is 0 Å². The number of rotatable bonds is 7. The highest BCUT2D eigenvalue weighted by Crippen LogP contribution is 2.27. The maximum absolute atomic E-state index is 11.6. The van der Waals surface area contributed by atoms with Gasteiger partial charge in [0.15, 0.2) is 11.5 Å². The van der Waals surface area contributed by atoms with E-state index in [9.17, 15) is 4.79 Å². The second-order valence-corrected chi connectivity index (χ2v) is 3.59. The summed E-state index contributed by atoms with van der Waals surface area (Å²) in [5.41, 5.74) is 0.846. The van der Waals surface area contributed by atoms with Crippen LogP contribution >= 0.6 is 0 Å². The van der Waals surface area contributed by atoms with Crippen molar-refractivity contribution >= 4 is 5.91 Å². The summed E-state index contributed by atoms with van der Waals surface area (Å²) >= 11 is 0. The molecule has 0 fully saturated rings. The standard InChI is InChI=1S/C12H18N2O4/c1-16-10-4-3-9(7-11(10)17-2)8-12(15)14-5-6-18-13/h3-4,7H,5-6,8,13H2,1-2H3,(H,14,15). The fourth-order valence-electron chi connectivity index (χ4n) is 1.49. The van der Waals surface area contributed by atoms with Crippen molar-refractivity contribution in [3.8, 4) is 11.5 Å². The molecule has 1 amide bonds. The lowest BCUT2D eigenvalue weighted by molar-refractivity contribution is -0.120. The molecule has 0 aliphatic rings. The Morgan fingerprint density at radius 3 is 2.61 bits per heavy atom. The third-order valence-corrected chi connectivity index (χ3v) is 2.35. The lowest BCUT2D eigenvalue weighted by Crippen LogP contribution is -2.29. The predicted octanol–water partition coefficient (Wildman–Crippen LogP) is 0.253. The minimum absolute atomic E-state index is 0.0979. The summed E-state index contributed by atoms with van der Waals surface area (Å²) in [5.74, 6) is 6.00. The number of nitrogens with one attached hydrogen (secondary N) is 1. The van der Waals surface area contributed by atoms with Crippen molar-refractivity contribution in [1.82, 2.24) is 5.32 Å². The first-order valence-electron chi connectivity index (χ1n) is 5.50. The van der Waals surface area contributed by atoms with E-state index in [-0.39, 0.29) is 18.9 Å². The first-order valence-corrected chi connectivity index (χ1v) is 5.50. The Morgan fingerprint density at radius 2 is 2.00 bits per heavy atom. The van der Waals surface area contributed by atoms with Gasteiger partial charge < -0.3 is 19.6 Å². The number of nitrogens with two attached hydrogens (primary N) is 1. The highest BCUT2D eigenvalue weighted by atomic mass is 16.6. The Labute approximate surface area is 106 Å². The van der Waals surface area contributed by atoms with Gasteiger partial charge in [0.1, 0.15) is 0 Å². The summed E-state index contributed by atoms with van der Waals surface area (Å²) < 4.78 is 10.3. The van der Waals surface area contributed by atoms with Gasteiger partial charge in [0, 0.05) is 6.54 Å². The Hall–Kier alpha value is -1.79. The van der Waals surface area contributed by atoms with Crippen LogP contribution in [0.1, 0.15) is 5.56 Å².